The summed E-state index contributed by atoms with van der Waals surface area (Å²) in [5, 5.41) is 4.97. The molecule has 0 saturated heterocycles. The van der Waals surface area contributed by atoms with Gasteiger partial charge >= 0.3 is 0 Å². The van der Waals surface area contributed by atoms with Gasteiger partial charge in [0.15, 0.2) is 5.78 Å². The van der Waals surface area contributed by atoms with Crippen LogP contribution in [0.3, 0.4) is 0 Å². The molecule has 0 bridgehead atoms. The van der Waals surface area contributed by atoms with Crippen LogP contribution in [-0.2, 0) is 16.4 Å². The molecule has 74 valence electrons. The first-order chi connectivity index (χ1) is 6.48. The molecule has 0 aliphatic heterocycles. The zero-order valence-corrected chi connectivity index (χ0v) is 8.17. The summed E-state index contributed by atoms with van der Waals surface area (Å²) in [7, 11) is -3.65. The highest BCUT2D eigenvalue weighted by Gasteiger charge is 2.21. The van der Waals surface area contributed by atoms with Crippen molar-refractivity contribution in [3.05, 3.63) is 29.3 Å². The van der Waals surface area contributed by atoms with Gasteiger partial charge in [-0.25, -0.2) is 13.6 Å². The number of ketones is 1. The van der Waals surface area contributed by atoms with E-state index in [4.69, 9.17) is 5.14 Å². The lowest BCUT2D eigenvalue weighted by Crippen LogP contribution is -2.12. The molecule has 14 heavy (non-hydrogen) atoms. The summed E-state index contributed by atoms with van der Waals surface area (Å²) in [6.45, 7) is 0. The summed E-state index contributed by atoms with van der Waals surface area (Å²) in [4.78, 5) is 11.3. The Kier molecular flexibility index (Phi) is 1.94. The Morgan fingerprint density at radius 2 is 1.93 bits per heavy atom. The molecule has 0 radical (unpaired) electrons. The van der Waals surface area contributed by atoms with Crippen LogP contribution in [0, 0.1) is 0 Å². The average molecular weight is 211 g/mol. The van der Waals surface area contributed by atoms with Gasteiger partial charge in [0.2, 0.25) is 10.0 Å². The number of hydrogen-bond acceptors (Lipinski definition) is 3. The van der Waals surface area contributed by atoms with Gasteiger partial charge in [0.25, 0.3) is 0 Å². The number of nitrogens with two attached hydrogens (primary N) is 1. The lowest BCUT2D eigenvalue weighted by molar-refractivity contribution is 0.0994. The highest BCUT2D eigenvalue weighted by Crippen LogP contribution is 2.24. The summed E-state index contributed by atoms with van der Waals surface area (Å²) < 4.78 is 22.0. The summed E-state index contributed by atoms with van der Waals surface area (Å²) in [5.41, 5.74) is 1.40. The standard InChI is InChI=1S/C9H9NO3S/c10-14(12,13)7-2-3-8-6(5-7)1-4-9(8)11/h2-3,5H,1,4H2,(H2,10,12,13). The second-order valence-corrected chi connectivity index (χ2v) is 4.85. The minimum atomic E-state index is -3.65. The van der Waals surface area contributed by atoms with Crippen LogP contribution >= 0.6 is 0 Å². The Balaban J connectivity index is 2.58. The van der Waals surface area contributed by atoms with Gasteiger partial charge < -0.3 is 0 Å². The van der Waals surface area contributed by atoms with Crippen molar-refractivity contribution in [3.8, 4) is 0 Å². The molecule has 0 saturated carbocycles. The van der Waals surface area contributed by atoms with Gasteiger partial charge in [-0.3, -0.25) is 4.79 Å². The number of hydrogen-bond donors (Lipinski definition) is 1. The molecule has 1 aromatic carbocycles. The van der Waals surface area contributed by atoms with Crippen molar-refractivity contribution < 1.29 is 13.2 Å². The van der Waals surface area contributed by atoms with Crippen molar-refractivity contribution in [1.29, 1.82) is 0 Å². The molecule has 2 N–H and O–H groups in total. The monoisotopic (exact) mass is 211 g/mol. The van der Waals surface area contributed by atoms with Gasteiger partial charge in [0.05, 0.1) is 4.90 Å². The highest BCUT2D eigenvalue weighted by atomic mass is 32.2. The van der Waals surface area contributed by atoms with Crippen molar-refractivity contribution in [2.24, 2.45) is 5.14 Å². The van der Waals surface area contributed by atoms with Crippen molar-refractivity contribution in [1.82, 2.24) is 0 Å². The maximum atomic E-state index is 11.2. The van der Waals surface area contributed by atoms with Crippen molar-refractivity contribution in [2.45, 2.75) is 17.7 Å². The zero-order valence-electron chi connectivity index (χ0n) is 7.36. The van der Waals surface area contributed by atoms with Crippen LogP contribution in [0.4, 0.5) is 0 Å². The van der Waals surface area contributed by atoms with E-state index in [-0.39, 0.29) is 10.7 Å². The molecule has 1 aliphatic carbocycles. The third-order valence-electron chi connectivity index (χ3n) is 2.33. The Hall–Kier alpha value is -1.20. The molecule has 2 rings (SSSR count). The van der Waals surface area contributed by atoms with Crippen molar-refractivity contribution in [2.75, 3.05) is 0 Å². The normalized spacial score (nSPS) is 15.6. The molecule has 0 unspecified atom stereocenters. The van der Waals surface area contributed by atoms with Gasteiger partial charge in [-0.15, -0.1) is 0 Å². The van der Waals surface area contributed by atoms with Crippen LogP contribution < -0.4 is 5.14 Å². The Morgan fingerprint density at radius 3 is 2.57 bits per heavy atom. The fraction of sp³-hybridized carbons (Fsp3) is 0.222. The number of rotatable bonds is 1. The number of aryl methyl sites for hydroxylation is 1. The highest BCUT2D eigenvalue weighted by molar-refractivity contribution is 7.89. The summed E-state index contributed by atoms with van der Waals surface area (Å²) in [5.74, 6) is 0.0703. The van der Waals surface area contributed by atoms with E-state index in [9.17, 15) is 13.2 Å². The van der Waals surface area contributed by atoms with Crippen molar-refractivity contribution >= 4 is 15.8 Å². The molecule has 0 fully saturated rings. The maximum Gasteiger partial charge on any atom is 0.238 e. The van der Waals surface area contributed by atoms with Gasteiger partial charge in [0, 0.05) is 12.0 Å². The van der Waals surface area contributed by atoms with Gasteiger partial charge in [-0.2, -0.15) is 0 Å². The Bertz CT molecular complexity index is 505. The SMILES string of the molecule is NS(=O)(=O)c1ccc2c(c1)CCC2=O. The van der Waals surface area contributed by atoms with E-state index in [0.717, 1.165) is 5.56 Å². The lowest BCUT2D eigenvalue weighted by atomic mass is 10.1. The first kappa shape index (κ1) is 9.36. The minimum absolute atomic E-state index is 0.0703. The number of carbonyl (C=O) groups is 1. The topological polar surface area (TPSA) is 77.2 Å². The van der Waals surface area contributed by atoms with E-state index in [1.54, 1.807) is 0 Å². The van der Waals surface area contributed by atoms with Gasteiger partial charge in [-0.05, 0) is 30.2 Å². The summed E-state index contributed by atoms with van der Waals surface area (Å²) in [6.07, 6.45) is 1.07. The van der Waals surface area contributed by atoms with Crippen LogP contribution in [0.5, 0.6) is 0 Å². The van der Waals surface area contributed by atoms with E-state index in [1.807, 2.05) is 0 Å². The first-order valence-electron chi connectivity index (χ1n) is 4.17. The molecule has 0 spiro atoms. The minimum Gasteiger partial charge on any atom is -0.294 e. The number of primary sulfonamides is 1. The molecule has 0 aromatic heterocycles. The number of sulfonamides is 1. The molecule has 5 heteroatoms. The fourth-order valence-corrected chi connectivity index (χ4v) is 2.17. The number of benzene rings is 1. The van der Waals surface area contributed by atoms with Gasteiger partial charge in [-0.1, -0.05) is 0 Å². The largest absolute Gasteiger partial charge is 0.294 e. The summed E-state index contributed by atoms with van der Waals surface area (Å²) in [6, 6.07) is 4.39. The van der Waals surface area contributed by atoms with Crippen LogP contribution in [0.25, 0.3) is 0 Å². The molecule has 0 atom stereocenters. The predicted octanol–water partition coefficient (Wildman–Crippen LogP) is 0.463. The maximum absolute atomic E-state index is 11.2. The fourth-order valence-electron chi connectivity index (χ4n) is 1.61. The third-order valence-corrected chi connectivity index (χ3v) is 3.24. The molecule has 4 nitrogen and oxygen atoms in total. The van der Waals surface area contributed by atoms with Crippen LogP contribution in [0.2, 0.25) is 0 Å². The molecular formula is C9H9NO3S. The van der Waals surface area contributed by atoms with E-state index in [2.05, 4.69) is 0 Å². The molecule has 1 aliphatic rings. The van der Waals surface area contributed by atoms with Crippen LogP contribution in [0.15, 0.2) is 23.1 Å². The molecule has 1 aromatic rings. The average Bonchev–Trinajstić information content (AvgIpc) is 2.46. The molecule has 0 amide bonds. The zero-order chi connectivity index (χ0) is 10.3. The summed E-state index contributed by atoms with van der Waals surface area (Å²) >= 11 is 0. The second-order valence-electron chi connectivity index (χ2n) is 3.29. The predicted molar refractivity (Wildman–Crippen MR) is 50.5 cm³/mol. The first-order valence-corrected chi connectivity index (χ1v) is 5.72. The quantitative estimate of drug-likeness (QED) is 0.733. The third kappa shape index (κ3) is 1.44. The lowest BCUT2D eigenvalue weighted by Gasteiger charge is -2.01. The number of fused-ring (bicyclic) bond motifs is 1. The van der Waals surface area contributed by atoms with E-state index in [0.29, 0.717) is 18.4 Å². The van der Waals surface area contributed by atoms with Crippen LogP contribution in [-0.4, -0.2) is 14.2 Å². The number of Topliss-reactive ketones (excluding diaryl/α,β-unsaturated/α-hetero) is 1. The molecular weight excluding hydrogens is 202 g/mol. The Labute approximate surface area is 81.8 Å². The van der Waals surface area contributed by atoms with Crippen molar-refractivity contribution in [3.63, 3.8) is 0 Å². The van der Waals surface area contributed by atoms with E-state index in [1.165, 1.54) is 18.2 Å². The van der Waals surface area contributed by atoms with E-state index < -0.39 is 10.0 Å². The Morgan fingerprint density at radius 1 is 1.21 bits per heavy atom. The molecule has 0 heterocycles. The number of carbonyl (C=O) groups excluding carboxylic acids is 1. The second kappa shape index (κ2) is 2.90. The van der Waals surface area contributed by atoms with E-state index >= 15 is 0 Å². The van der Waals surface area contributed by atoms with Gasteiger partial charge in [0.1, 0.15) is 0 Å². The van der Waals surface area contributed by atoms with Crippen LogP contribution in [0.1, 0.15) is 22.3 Å². The smallest absolute Gasteiger partial charge is 0.238 e.